The van der Waals surface area contributed by atoms with E-state index in [1.807, 2.05) is 29.2 Å². The topological polar surface area (TPSA) is 76.0 Å². The molecule has 2 heterocycles. The van der Waals surface area contributed by atoms with Gasteiger partial charge in [0.25, 0.3) is 0 Å². The molecule has 2 atom stereocenters. The summed E-state index contributed by atoms with van der Waals surface area (Å²) in [5.74, 6) is 1.66. The molecule has 8 heteroatoms. The zero-order valence-electron chi connectivity index (χ0n) is 16.7. The highest BCUT2D eigenvalue weighted by molar-refractivity contribution is 8.15. The molecule has 0 radical (unpaired) electrons. The zero-order valence-corrected chi connectivity index (χ0v) is 18.4. The van der Waals surface area contributed by atoms with Crippen molar-refractivity contribution < 1.29 is 17.9 Å². The van der Waals surface area contributed by atoms with Crippen molar-refractivity contribution in [1.82, 2.24) is 4.90 Å². The Morgan fingerprint density at radius 3 is 2.62 bits per heavy atom. The second kappa shape index (κ2) is 8.68. The number of carbonyl (C=O) groups is 1. The Balaban J connectivity index is 1.48. The van der Waals surface area contributed by atoms with E-state index in [1.54, 1.807) is 7.11 Å². The lowest BCUT2D eigenvalue weighted by Gasteiger charge is -2.24. The first kappa shape index (κ1) is 20.7. The summed E-state index contributed by atoms with van der Waals surface area (Å²) in [6.07, 6.45) is 6.40. The highest BCUT2D eigenvalue weighted by Gasteiger charge is 2.48. The van der Waals surface area contributed by atoms with Gasteiger partial charge in [-0.25, -0.2) is 8.42 Å². The van der Waals surface area contributed by atoms with E-state index in [4.69, 9.17) is 4.74 Å². The lowest BCUT2D eigenvalue weighted by atomic mass is 10.0. The van der Waals surface area contributed by atoms with Crippen molar-refractivity contribution >= 4 is 32.7 Å². The third-order valence-corrected chi connectivity index (χ3v) is 9.40. The van der Waals surface area contributed by atoms with E-state index in [0.29, 0.717) is 24.1 Å². The fraction of sp³-hybridized carbons (Fsp3) is 0.619. The number of hydrogen-bond acceptors (Lipinski definition) is 5. The van der Waals surface area contributed by atoms with Crippen LogP contribution in [0.3, 0.4) is 0 Å². The molecule has 3 aliphatic rings. The number of carbonyl (C=O) groups excluding carboxylic acids is 1. The molecule has 0 N–H and O–H groups in total. The summed E-state index contributed by atoms with van der Waals surface area (Å²) < 4.78 is 29.5. The van der Waals surface area contributed by atoms with Gasteiger partial charge in [-0.05, 0) is 30.0 Å². The van der Waals surface area contributed by atoms with E-state index >= 15 is 0 Å². The number of benzene rings is 1. The van der Waals surface area contributed by atoms with Crippen LogP contribution in [0.1, 0.15) is 44.1 Å². The summed E-state index contributed by atoms with van der Waals surface area (Å²) >= 11 is 1.46. The lowest BCUT2D eigenvalue weighted by Crippen LogP contribution is -2.37. The molecule has 1 amide bonds. The van der Waals surface area contributed by atoms with Crippen molar-refractivity contribution in [2.45, 2.75) is 56.4 Å². The highest BCUT2D eigenvalue weighted by atomic mass is 32.2. The number of sulfone groups is 1. The van der Waals surface area contributed by atoms with Crippen LogP contribution in [0.15, 0.2) is 29.3 Å². The number of fused-ring (bicyclic) bond motifs is 1. The molecule has 158 valence electrons. The van der Waals surface area contributed by atoms with Crippen molar-refractivity contribution in [3.63, 3.8) is 0 Å². The SMILES string of the molecule is COc1ccc(CN2C(=NC(=O)CCC3CCCC3)S[C@H]3CS(=O)(=O)C[C@@H]32)cc1. The Hall–Kier alpha value is -1.54. The van der Waals surface area contributed by atoms with Crippen LogP contribution in [-0.2, 0) is 21.2 Å². The predicted molar refractivity (Wildman–Crippen MR) is 116 cm³/mol. The van der Waals surface area contributed by atoms with E-state index < -0.39 is 9.84 Å². The van der Waals surface area contributed by atoms with Gasteiger partial charge in [0.2, 0.25) is 5.91 Å². The van der Waals surface area contributed by atoms with Gasteiger partial charge in [0, 0.05) is 18.2 Å². The molecule has 3 fully saturated rings. The Morgan fingerprint density at radius 1 is 1.21 bits per heavy atom. The van der Waals surface area contributed by atoms with Crippen LogP contribution in [0, 0.1) is 5.92 Å². The van der Waals surface area contributed by atoms with Crippen LogP contribution in [0.2, 0.25) is 0 Å². The van der Waals surface area contributed by atoms with Crippen LogP contribution in [0.25, 0.3) is 0 Å². The van der Waals surface area contributed by atoms with Gasteiger partial charge in [-0.3, -0.25) is 4.79 Å². The fourth-order valence-electron chi connectivity index (χ4n) is 4.54. The first-order valence-electron chi connectivity index (χ1n) is 10.3. The van der Waals surface area contributed by atoms with Crippen molar-refractivity contribution in [2.75, 3.05) is 18.6 Å². The predicted octanol–water partition coefficient (Wildman–Crippen LogP) is 3.26. The second-order valence-electron chi connectivity index (χ2n) is 8.25. The molecule has 2 saturated heterocycles. The van der Waals surface area contributed by atoms with Gasteiger partial charge in [-0.15, -0.1) is 0 Å². The summed E-state index contributed by atoms with van der Waals surface area (Å²) in [5.41, 5.74) is 1.04. The summed E-state index contributed by atoms with van der Waals surface area (Å²) in [6, 6.07) is 7.61. The molecule has 6 nitrogen and oxygen atoms in total. The molecule has 1 aromatic rings. The van der Waals surface area contributed by atoms with E-state index in [2.05, 4.69) is 4.99 Å². The average molecular weight is 437 g/mol. The van der Waals surface area contributed by atoms with Crippen LogP contribution in [0.4, 0.5) is 0 Å². The van der Waals surface area contributed by atoms with E-state index in [-0.39, 0.29) is 28.7 Å². The molecule has 0 aromatic heterocycles. The minimum Gasteiger partial charge on any atom is -0.497 e. The van der Waals surface area contributed by atoms with Gasteiger partial charge in [0.05, 0.1) is 24.7 Å². The summed E-state index contributed by atoms with van der Waals surface area (Å²) in [7, 11) is -1.41. The van der Waals surface area contributed by atoms with Gasteiger partial charge < -0.3 is 9.64 Å². The number of thioether (sulfide) groups is 1. The van der Waals surface area contributed by atoms with Crippen molar-refractivity contribution in [3.8, 4) is 5.75 Å². The normalized spacial score (nSPS) is 27.5. The fourth-order valence-corrected chi connectivity index (χ4v) is 8.51. The first-order chi connectivity index (χ1) is 13.9. The number of amidine groups is 1. The standard InChI is InChI=1S/C21H28N2O4S2/c1-27-17-9-6-16(7-10-17)12-23-18-13-29(25,26)14-19(18)28-21(23)22-20(24)11-8-15-4-2-3-5-15/h6-7,9-10,15,18-19H,2-5,8,11-14H2,1H3/t18-,19-/m0/s1. The van der Waals surface area contributed by atoms with Gasteiger partial charge in [-0.2, -0.15) is 4.99 Å². The Bertz CT molecular complexity index is 876. The summed E-state index contributed by atoms with van der Waals surface area (Å²) in [5, 5.41) is 0.641. The summed E-state index contributed by atoms with van der Waals surface area (Å²) in [4.78, 5) is 19.0. The van der Waals surface area contributed by atoms with Gasteiger partial charge in [0.1, 0.15) is 5.75 Å². The number of amides is 1. The number of aliphatic imine (C=N–C) groups is 1. The third kappa shape index (κ3) is 4.97. The highest BCUT2D eigenvalue weighted by Crippen LogP contribution is 2.39. The molecular formula is C21H28N2O4S2. The Kier molecular flexibility index (Phi) is 6.20. The number of methoxy groups -OCH3 is 1. The first-order valence-corrected chi connectivity index (χ1v) is 13.0. The maximum Gasteiger partial charge on any atom is 0.248 e. The Morgan fingerprint density at radius 2 is 1.93 bits per heavy atom. The Labute approximate surface area is 177 Å². The van der Waals surface area contributed by atoms with E-state index in [0.717, 1.165) is 17.7 Å². The van der Waals surface area contributed by atoms with E-state index in [9.17, 15) is 13.2 Å². The molecular weight excluding hydrogens is 408 g/mol. The summed E-state index contributed by atoms with van der Waals surface area (Å²) in [6.45, 7) is 0.544. The number of rotatable bonds is 6. The molecule has 4 rings (SSSR count). The van der Waals surface area contributed by atoms with Crippen LogP contribution < -0.4 is 4.74 Å². The van der Waals surface area contributed by atoms with Crippen molar-refractivity contribution in [3.05, 3.63) is 29.8 Å². The van der Waals surface area contributed by atoms with Crippen LogP contribution in [-0.4, -0.2) is 54.3 Å². The second-order valence-corrected chi connectivity index (χ2v) is 11.6. The third-order valence-electron chi connectivity index (χ3n) is 6.15. The van der Waals surface area contributed by atoms with Gasteiger partial charge in [0.15, 0.2) is 15.0 Å². The van der Waals surface area contributed by atoms with Crippen molar-refractivity contribution in [1.29, 1.82) is 0 Å². The van der Waals surface area contributed by atoms with Gasteiger partial charge in [-0.1, -0.05) is 49.6 Å². The number of nitrogens with zero attached hydrogens (tertiary/aromatic N) is 2. The minimum absolute atomic E-state index is 0.0420. The quantitative estimate of drug-likeness (QED) is 0.681. The molecule has 2 aliphatic heterocycles. The molecule has 0 bridgehead atoms. The molecule has 1 saturated carbocycles. The molecule has 1 aliphatic carbocycles. The van der Waals surface area contributed by atoms with Crippen LogP contribution >= 0.6 is 11.8 Å². The monoisotopic (exact) mass is 436 g/mol. The zero-order chi connectivity index (χ0) is 20.4. The lowest BCUT2D eigenvalue weighted by molar-refractivity contribution is -0.118. The molecule has 29 heavy (non-hydrogen) atoms. The van der Waals surface area contributed by atoms with E-state index in [1.165, 1.54) is 37.4 Å². The van der Waals surface area contributed by atoms with Crippen molar-refractivity contribution in [2.24, 2.45) is 10.9 Å². The molecule has 0 spiro atoms. The van der Waals surface area contributed by atoms with Crippen LogP contribution in [0.5, 0.6) is 5.75 Å². The number of hydrogen-bond donors (Lipinski definition) is 0. The number of ether oxygens (including phenoxy) is 1. The minimum atomic E-state index is -3.04. The molecule has 1 aromatic carbocycles. The largest absolute Gasteiger partial charge is 0.497 e. The van der Waals surface area contributed by atoms with Gasteiger partial charge >= 0.3 is 0 Å². The maximum atomic E-state index is 12.5. The average Bonchev–Trinajstić information content (AvgIpc) is 3.38. The smallest absolute Gasteiger partial charge is 0.248 e. The maximum absolute atomic E-state index is 12.5. The molecule has 0 unspecified atom stereocenters.